The van der Waals surface area contributed by atoms with Crippen molar-refractivity contribution in [1.29, 1.82) is 0 Å². The predicted molar refractivity (Wildman–Crippen MR) is 286 cm³/mol. The van der Waals surface area contributed by atoms with Crippen molar-refractivity contribution in [2.24, 2.45) is 0 Å². The predicted octanol–water partition coefficient (Wildman–Crippen LogP) is 17.9. The first kappa shape index (κ1) is 27.5. The van der Waals surface area contributed by atoms with Crippen LogP contribution < -0.4 is 0 Å². The van der Waals surface area contributed by atoms with Crippen LogP contribution >= 0.6 is 0 Å². The van der Waals surface area contributed by atoms with Gasteiger partial charge < -0.3 is 5.11 Å². The second kappa shape index (κ2) is 18.1. The molecule has 8 rings (SSSR count). The number of para-hydroxylation sites is 1. The fourth-order valence-electron chi connectivity index (χ4n) is 8.22. The van der Waals surface area contributed by atoms with Crippen LogP contribution in [0.3, 0.4) is 0 Å². The van der Waals surface area contributed by atoms with Crippen LogP contribution in [0, 0.1) is 6.85 Å². The summed E-state index contributed by atoms with van der Waals surface area (Å²) < 4.78 is 186. The van der Waals surface area contributed by atoms with Gasteiger partial charge in [-0.3, -0.25) is 9.55 Å². The zero-order valence-corrected chi connectivity index (χ0v) is 40.0. The zero-order valence-electron chi connectivity index (χ0n) is 61.0. The van der Waals surface area contributed by atoms with Gasteiger partial charge in [-0.05, 0) is 157 Å². The summed E-state index contributed by atoms with van der Waals surface area (Å²) in [6.07, 6.45) is -0.786. The normalized spacial score (nSPS) is 18.0. The first-order valence-electron chi connectivity index (χ1n) is 33.0. The molecule has 0 spiro atoms. The van der Waals surface area contributed by atoms with E-state index in [4.69, 9.17) is 29.7 Å². The quantitative estimate of drug-likeness (QED) is 0.149. The van der Waals surface area contributed by atoms with Crippen LogP contribution in [-0.4, -0.2) is 19.6 Å². The number of pyridine rings is 1. The molecular formula is C63H71N3O. The lowest BCUT2D eigenvalue weighted by molar-refractivity contribution is 0.466. The highest BCUT2D eigenvalue weighted by molar-refractivity contribution is 5.97. The van der Waals surface area contributed by atoms with E-state index < -0.39 is 109 Å². The molecule has 0 unspecified atom stereocenters. The second-order valence-electron chi connectivity index (χ2n) is 19.5. The van der Waals surface area contributed by atoms with E-state index in [2.05, 4.69) is 4.98 Å². The zero-order chi connectivity index (χ0) is 66.2. The smallest absolute Gasteiger partial charge is 0.149 e. The van der Waals surface area contributed by atoms with E-state index in [1.807, 2.05) is 84.9 Å². The Morgan fingerprint density at radius 2 is 1.31 bits per heavy atom. The van der Waals surface area contributed by atoms with E-state index in [-0.39, 0.29) is 45.9 Å². The van der Waals surface area contributed by atoms with Crippen LogP contribution in [0.25, 0.3) is 72.7 Å². The third-order valence-corrected chi connectivity index (χ3v) is 12.3. The van der Waals surface area contributed by atoms with Crippen LogP contribution in [0.1, 0.15) is 188 Å². The number of benzene rings is 6. The molecule has 0 saturated heterocycles. The van der Waals surface area contributed by atoms with E-state index in [9.17, 15) is 9.22 Å². The summed E-state index contributed by atoms with van der Waals surface area (Å²) in [4.78, 5) is 9.75. The fraction of sp³-hybridized carbons (Fsp3) is 0.333. The summed E-state index contributed by atoms with van der Waals surface area (Å²) in [5, 5.41) is 12.4. The number of aryl methyl sites for hydroxylation is 1. The van der Waals surface area contributed by atoms with Gasteiger partial charge in [-0.1, -0.05) is 169 Å². The molecule has 344 valence electrons. The van der Waals surface area contributed by atoms with Gasteiger partial charge in [0.2, 0.25) is 0 Å². The molecule has 0 bridgehead atoms. The molecule has 1 N–H and O–H groups in total. The standard InChI is InChI=1S/C63H71N3O/c1-37(2)45-28-46(38(3)4)30-48(29-45)43-21-24-57(41(9)27-43)66-58-18-16-17-53(59(58)65-61(66)55-35-47(39(5)6)34-54(40(7)8)60(55)67)49-31-50(33-52(32-49)63(13,14)15)56-36-44(25-26-64-56)42-19-22-51(23-20-42)62(10,11)12/h16-40,67H,1-15H3/i9D3,10D3,11D3,12D3,19D,20D,22D,23D,25D,26D,36D,37D,38D. The third-order valence-electron chi connectivity index (χ3n) is 12.3. The monoisotopic (exact) mass is 907 g/mol. The average molecular weight is 907 g/mol. The maximum absolute atomic E-state index is 12.4. The Bertz CT molecular complexity index is 3990. The number of hydrogen-bond donors (Lipinski definition) is 1. The van der Waals surface area contributed by atoms with E-state index in [1.165, 1.54) is 0 Å². The number of rotatable bonds is 10. The number of nitrogens with zero attached hydrogens (tertiary/aromatic N) is 3. The Kier molecular flexibility index (Phi) is 7.43. The Labute approximate surface area is 430 Å². The number of phenols is 1. The Balaban J connectivity index is 1.46. The summed E-state index contributed by atoms with van der Waals surface area (Å²) in [7, 11) is 0. The van der Waals surface area contributed by atoms with Crippen molar-refractivity contribution >= 4 is 11.0 Å². The molecule has 0 aliphatic carbocycles. The van der Waals surface area contributed by atoms with E-state index in [0.717, 1.165) is 5.56 Å². The molecule has 4 nitrogen and oxygen atoms in total. The molecule has 0 radical (unpaired) electrons. The van der Waals surface area contributed by atoms with Crippen LogP contribution in [0.5, 0.6) is 5.75 Å². The molecule has 2 heterocycles. The maximum Gasteiger partial charge on any atom is 0.149 e. The third kappa shape index (κ3) is 9.51. The second-order valence-corrected chi connectivity index (χ2v) is 19.5. The molecule has 0 saturated carbocycles. The van der Waals surface area contributed by atoms with Crippen LogP contribution in [0.2, 0.25) is 0 Å². The summed E-state index contributed by atoms with van der Waals surface area (Å²) >= 11 is 0. The largest absolute Gasteiger partial charge is 0.507 e. The van der Waals surface area contributed by atoms with Gasteiger partial charge in [-0.15, -0.1) is 0 Å². The molecule has 0 atom stereocenters. The number of phenolic OH excluding ortho intramolecular Hbond substituents is 1. The number of fused-ring (bicyclic) bond motifs is 1. The first-order chi connectivity index (χ1) is 40.1. The molecule has 2 aromatic heterocycles. The molecule has 0 aliphatic rings. The van der Waals surface area contributed by atoms with Gasteiger partial charge in [0.05, 0.1) is 37.6 Å². The van der Waals surface area contributed by atoms with Gasteiger partial charge >= 0.3 is 0 Å². The molecular weight excluding hydrogens is 815 g/mol. The van der Waals surface area contributed by atoms with Gasteiger partial charge in [0.25, 0.3) is 0 Å². The van der Waals surface area contributed by atoms with Gasteiger partial charge in [-0.2, -0.15) is 0 Å². The first-order valence-corrected chi connectivity index (χ1v) is 22.5. The van der Waals surface area contributed by atoms with Crippen molar-refractivity contribution in [2.45, 2.75) is 138 Å². The number of aromatic nitrogens is 3. The Hall–Kier alpha value is -6.26. The van der Waals surface area contributed by atoms with Gasteiger partial charge in [-0.25, -0.2) is 4.98 Å². The molecule has 0 aliphatic heterocycles. The highest BCUT2D eigenvalue weighted by Gasteiger charge is 2.26. The maximum atomic E-state index is 12.4. The minimum atomic E-state index is -3.96. The summed E-state index contributed by atoms with van der Waals surface area (Å²) in [6.45, 7) is 6.03. The summed E-state index contributed by atoms with van der Waals surface area (Å²) in [6, 6.07) is 18.3. The number of imidazole rings is 1. The van der Waals surface area contributed by atoms with Crippen LogP contribution in [0.15, 0.2) is 127 Å². The number of hydrogen-bond acceptors (Lipinski definition) is 3. The molecule has 0 amide bonds. The van der Waals surface area contributed by atoms with Crippen LogP contribution in [-0.2, 0) is 10.8 Å². The SMILES string of the molecule is [2H]c1nc(-c2cc(-c3cccc4c3nc(-c3cc(C(C)C)cc(C(C)C)c3O)n4-c3ccc(-c4cc(C([2H])(C)C)cc(C([2H])(C)C)c4)cc3C([2H])([2H])[2H])cc(C(C)(C)C)c2)c([2H])c(-c2c([2H])c([2H])c(C(C([2H])([2H])[2H])(C([2H])([2H])[2H])C([2H])([2H])[2H])c([2H])c2[2H])c1[2H]. The lowest BCUT2D eigenvalue weighted by atomic mass is 9.83. The minimum Gasteiger partial charge on any atom is -0.507 e. The summed E-state index contributed by atoms with van der Waals surface area (Å²) in [5.74, 6) is -2.21. The Morgan fingerprint density at radius 3 is 1.94 bits per heavy atom. The fourth-order valence-corrected chi connectivity index (χ4v) is 8.22. The molecule has 8 aromatic rings. The Morgan fingerprint density at radius 1 is 0.612 bits per heavy atom. The molecule has 67 heavy (non-hydrogen) atoms. The van der Waals surface area contributed by atoms with Gasteiger partial charge in [0, 0.05) is 36.5 Å². The van der Waals surface area contributed by atoms with Crippen molar-refractivity contribution in [3.05, 3.63) is 166 Å². The molecule has 4 heteroatoms. The average Bonchev–Trinajstić information content (AvgIpc) is 0.748. The lowest BCUT2D eigenvalue weighted by Crippen LogP contribution is -2.11. The van der Waals surface area contributed by atoms with Crippen molar-refractivity contribution in [1.82, 2.24) is 14.5 Å². The van der Waals surface area contributed by atoms with Crippen molar-refractivity contribution in [3.63, 3.8) is 0 Å². The topological polar surface area (TPSA) is 50.9 Å². The van der Waals surface area contributed by atoms with Crippen LogP contribution in [0.4, 0.5) is 0 Å². The van der Waals surface area contributed by atoms with E-state index in [0.29, 0.717) is 61.1 Å². The molecule has 0 fully saturated rings. The highest BCUT2D eigenvalue weighted by Crippen LogP contribution is 2.44. The van der Waals surface area contributed by atoms with E-state index >= 15 is 0 Å². The lowest BCUT2D eigenvalue weighted by Gasteiger charge is -2.22. The van der Waals surface area contributed by atoms with E-state index in [1.54, 1.807) is 80.8 Å². The van der Waals surface area contributed by atoms with Gasteiger partial charge in [0.1, 0.15) is 11.6 Å². The summed E-state index contributed by atoms with van der Waals surface area (Å²) in [5.41, 5.74) is -0.997. The minimum absolute atomic E-state index is 0.0277. The van der Waals surface area contributed by atoms with Crippen molar-refractivity contribution in [2.75, 3.05) is 0 Å². The van der Waals surface area contributed by atoms with Gasteiger partial charge in [0.15, 0.2) is 0 Å². The van der Waals surface area contributed by atoms with Crippen molar-refractivity contribution < 1.29 is 33.9 Å². The highest BCUT2D eigenvalue weighted by atomic mass is 16.3. The molecule has 6 aromatic carbocycles. The van der Waals surface area contributed by atoms with Crippen molar-refractivity contribution in [3.8, 4) is 67.5 Å². The number of aromatic hydroxyl groups is 1.